The zero-order valence-electron chi connectivity index (χ0n) is 7.23. The van der Waals surface area contributed by atoms with Crippen molar-refractivity contribution >= 4 is 48.0 Å². The Morgan fingerprint density at radius 2 is 1.79 bits per heavy atom. The second-order valence-corrected chi connectivity index (χ2v) is 5.04. The molecule has 76 valence electrons. The van der Waals surface area contributed by atoms with Crippen molar-refractivity contribution in [1.82, 2.24) is 19.7 Å². The monoisotopic (exact) mass is 264 g/mol. The molecule has 0 radical (unpaired) electrons. The molecule has 0 aliphatic rings. The smallest absolute Gasteiger partial charge is 0.176 e. The number of hydrogen-bond acceptors (Lipinski definition) is 4. The molecule has 2 heterocycles. The molecular weight excluding hydrogens is 256 g/mol. The van der Waals surface area contributed by atoms with Gasteiger partial charge in [0.1, 0.15) is 0 Å². The van der Waals surface area contributed by atoms with E-state index in [9.17, 15) is 0 Å². The number of imidazole rings is 1. The average molecular weight is 264 g/mol. The maximum atomic E-state index is 4.79. The highest BCUT2D eigenvalue weighted by atomic mass is 32.2. The second-order valence-electron chi connectivity index (χ2n) is 2.30. The topological polar surface area (TPSA) is 52.3 Å². The van der Waals surface area contributed by atoms with Crippen molar-refractivity contribution in [3.05, 3.63) is 25.1 Å². The summed E-state index contributed by atoms with van der Waals surface area (Å²) >= 11 is 15.6. The van der Waals surface area contributed by atoms with E-state index in [0.29, 0.717) is 7.91 Å². The average Bonchev–Trinajstić information content (AvgIpc) is 2.65. The fraction of sp³-hybridized carbons (Fsp3) is 0.167. The van der Waals surface area contributed by atoms with Gasteiger partial charge in [0.2, 0.25) is 0 Å². The van der Waals surface area contributed by atoms with Crippen molar-refractivity contribution in [2.24, 2.45) is 7.05 Å². The predicted octanol–water partition coefficient (Wildman–Crippen LogP) is 2.95. The van der Waals surface area contributed by atoms with Crippen molar-refractivity contribution in [2.45, 2.75) is 0 Å². The van der Waals surface area contributed by atoms with Crippen molar-refractivity contribution in [3.63, 3.8) is 0 Å². The van der Waals surface area contributed by atoms with Crippen molar-refractivity contribution in [3.8, 4) is 0 Å². The quantitative estimate of drug-likeness (QED) is 0.641. The van der Waals surface area contributed by atoms with Gasteiger partial charge in [0.15, 0.2) is 12.7 Å². The summed E-state index contributed by atoms with van der Waals surface area (Å²) in [6.07, 6.45) is 3.69. The number of aryl methyl sites for hydroxylation is 1. The molecule has 3 N–H and O–H groups in total. The van der Waals surface area contributed by atoms with Crippen LogP contribution in [0.1, 0.15) is 0 Å². The molecule has 2 aromatic heterocycles. The van der Waals surface area contributed by atoms with Gasteiger partial charge in [-0.25, -0.2) is 0 Å². The molecule has 4 nitrogen and oxygen atoms in total. The minimum atomic E-state index is 0.699. The summed E-state index contributed by atoms with van der Waals surface area (Å²) in [5.41, 5.74) is 0. The molecule has 0 aromatic carbocycles. The van der Waals surface area contributed by atoms with Crippen LogP contribution in [0.4, 0.5) is 0 Å². The third-order valence-electron chi connectivity index (χ3n) is 1.28. The molecule has 0 aliphatic carbocycles. The number of H-pyrrole nitrogens is 3. The van der Waals surface area contributed by atoms with Gasteiger partial charge in [-0.1, -0.05) is 11.3 Å². The molecule has 14 heavy (non-hydrogen) atoms. The Bertz CT molecular complexity index is 514. The lowest BCUT2D eigenvalue weighted by atomic mass is 10.9. The normalized spacial score (nSPS) is 9.21. The Balaban J connectivity index is 0.000000140. The van der Waals surface area contributed by atoms with E-state index in [2.05, 4.69) is 15.2 Å². The molecule has 0 bridgehead atoms. The van der Waals surface area contributed by atoms with Crippen molar-refractivity contribution in [1.29, 1.82) is 0 Å². The van der Waals surface area contributed by atoms with Crippen LogP contribution in [-0.2, 0) is 7.05 Å². The van der Waals surface area contributed by atoms with Crippen LogP contribution in [0.5, 0.6) is 0 Å². The largest absolute Gasteiger partial charge is 0.337 e. The minimum Gasteiger partial charge on any atom is -0.337 e. The van der Waals surface area contributed by atoms with Crippen LogP contribution in [0, 0.1) is 12.7 Å². The number of aromatic amines is 3. The van der Waals surface area contributed by atoms with Gasteiger partial charge < -0.3 is 9.55 Å². The number of hydrogen-bond donors (Lipinski definition) is 3. The van der Waals surface area contributed by atoms with Gasteiger partial charge >= 0.3 is 0 Å². The van der Waals surface area contributed by atoms with Crippen LogP contribution in [0.15, 0.2) is 12.4 Å². The first-order chi connectivity index (χ1) is 6.59. The molecule has 8 heteroatoms. The van der Waals surface area contributed by atoms with Gasteiger partial charge in [0.25, 0.3) is 0 Å². The van der Waals surface area contributed by atoms with Crippen molar-refractivity contribution in [2.75, 3.05) is 0 Å². The number of nitrogens with zero attached hydrogens (tertiary/aromatic N) is 1. The fourth-order valence-corrected chi connectivity index (χ4v) is 1.89. The molecular formula is C6H8N4S4. The van der Waals surface area contributed by atoms with Gasteiger partial charge in [0.05, 0.1) is 0 Å². The van der Waals surface area contributed by atoms with E-state index in [1.54, 1.807) is 0 Å². The minimum absolute atomic E-state index is 0.699. The number of aromatic nitrogens is 4. The first-order valence-electron chi connectivity index (χ1n) is 3.57. The second kappa shape index (κ2) is 5.35. The summed E-state index contributed by atoms with van der Waals surface area (Å²) in [5, 5.41) is 5.34. The maximum Gasteiger partial charge on any atom is 0.176 e. The molecule has 0 saturated heterocycles. The lowest BCUT2D eigenvalue weighted by molar-refractivity contribution is 0.894. The van der Waals surface area contributed by atoms with Gasteiger partial charge in [-0.3, -0.25) is 10.2 Å². The van der Waals surface area contributed by atoms with E-state index < -0.39 is 0 Å². The van der Waals surface area contributed by atoms with Crippen LogP contribution in [-0.4, -0.2) is 19.7 Å². The van der Waals surface area contributed by atoms with Crippen molar-refractivity contribution < 1.29 is 0 Å². The van der Waals surface area contributed by atoms with Crippen LogP contribution < -0.4 is 0 Å². The summed E-state index contributed by atoms with van der Waals surface area (Å²) in [6, 6.07) is 0. The molecule has 0 amide bonds. The van der Waals surface area contributed by atoms with E-state index in [4.69, 9.17) is 36.7 Å². The Morgan fingerprint density at radius 1 is 1.21 bits per heavy atom. The molecule has 2 aromatic rings. The number of nitrogens with one attached hydrogen (secondary N) is 3. The summed E-state index contributed by atoms with van der Waals surface area (Å²) in [5.74, 6) is 0. The molecule has 0 fully saturated rings. The van der Waals surface area contributed by atoms with E-state index >= 15 is 0 Å². The molecule has 0 saturated carbocycles. The fourth-order valence-electron chi connectivity index (χ4n) is 0.627. The number of rotatable bonds is 0. The molecule has 0 aliphatic heterocycles. The first kappa shape index (κ1) is 11.5. The van der Waals surface area contributed by atoms with Crippen LogP contribution in [0.2, 0.25) is 0 Å². The molecule has 2 rings (SSSR count). The SMILES string of the molecule is Cn1cc[nH]c1=S.S=c1[nH][nH]c(=S)s1. The van der Waals surface area contributed by atoms with E-state index in [-0.39, 0.29) is 0 Å². The Kier molecular flexibility index (Phi) is 4.39. The van der Waals surface area contributed by atoms with Crippen LogP contribution in [0.25, 0.3) is 0 Å². The lowest BCUT2D eigenvalue weighted by Crippen LogP contribution is -1.81. The highest BCUT2D eigenvalue weighted by molar-refractivity contribution is 7.75. The van der Waals surface area contributed by atoms with E-state index in [1.165, 1.54) is 11.3 Å². The standard InChI is InChI=1S/C4H6N2S.C2H2N2S3/c1-6-3-2-5-4(6)7;5-1-3-4-2(6)7-1/h2-3H,1H3,(H,5,7);(H,3,5)(H,4,6). The molecule has 0 unspecified atom stereocenters. The Hall–Kier alpha value is -0.570. The molecule has 0 atom stereocenters. The maximum absolute atomic E-state index is 4.79. The van der Waals surface area contributed by atoms with Crippen LogP contribution in [0.3, 0.4) is 0 Å². The van der Waals surface area contributed by atoms with Gasteiger partial charge in [-0.15, -0.1) is 0 Å². The summed E-state index contributed by atoms with van der Waals surface area (Å²) in [7, 11) is 1.90. The zero-order chi connectivity index (χ0) is 10.6. The summed E-state index contributed by atoms with van der Waals surface area (Å²) in [6.45, 7) is 0. The van der Waals surface area contributed by atoms with Gasteiger partial charge in [0, 0.05) is 19.4 Å². The first-order valence-corrected chi connectivity index (χ1v) is 5.61. The zero-order valence-corrected chi connectivity index (χ0v) is 10.5. The lowest BCUT2D eigenvalue weighted by Gasteiger charge is -1.79. The highest BCUT2D eigenvalue weighted by Crippen LogP contribution is 1.94. The Labute approximate surface area is 99.6 Å². The highest BCUT2D eigenvalue weighted by Gasteiger charge is 1.76. The molecule has 0 spiro atoms. The third-order valence-corrected chi connectivity index (χ3v) is 2.96. The van der Waals surface area contributed by atoms with Crippen LogP contribution >= 0.6 is 48.0 Å². The third kappa shape index (κ3) is 3.66. The predicted molar refractivity (Wildman–Crippen MR) is 65.3 cm³/mol. The van der Waals surface area contributed by atoms with E-state index in [0.717, 1.165) is 4.77 Å². The van der Waals surface area contributed by atoms with E-state index in [1.807, 2.05) is 24.0 Å². The Morgan fingerprint density at radius 3 is 1.93 bits per heavy atom. The van der Waals surface area contributed by atoms with Gasteiger partial charge in [-0.05, 0) is 36.7 Å². The van der Waals surface area contributed by atoms with Gasteiger partial charge in [-0.2, -0.15) is 0 Å². The summed E-state index contributed by atoms with van der Waals surface area (Å²) in [4.78, 5) is 2.85. The summed E-state index contributed by atoms with van der Waals surface area (Å²) < 4.78 is 4.00.